The van der Waals surface area contributed by atoms with Crippen LogP contribution in [0.15, 0.2) is 24.4 Å². The molecule has 6 heteroatoms. The van der Waals surface area contributed by atoms with Gasteiger partial charge in [0, 0.05) is 36.6 Å². The highest BCUT2D eigenvalue weighted by Crippen LogP contribution is 2.43. The van der Waals surface area contributed by atoms with E-state index in [9.17, 15) is 4.79 Å². The van der Waals surface area contributed by atoms with Crippen molar-refractivity contribution in [2.24, 2.45) is 7.05 Å². The molecule has 4 heterocycles. The Morgan fingerprint density at radius 2 is 2.04 bits per heavy atom. The van der Waals surface area contributed by atoms with Gasteiger partial charge in [0.2, 0.25) is 5.91 Å². The molecule has 1 N–H and O–H groups in total. The first kappa shape index (κ1) is 15.9. The molecule has 25 heavy (non-hydrogen) atoms. The van der Waals surface area contributed by atoms with Crippen LogP contribution in [0.25, 0.3) is 5.52 Å². The second-order valence-electron chi connectivity index (χ2n) is 7.79. The first-order chi connectivity index (χ1) is 11.8. The molecule has 3 aromatic rings. The lowest BCUT2D eigenvalue weighted by Crippen LogP contribution is -2.26. The predicted molar refractivity (Wildman–Crippen MR) is 96.9 cm³/mol. The monoisotopic (exact) mass is 337 g/mol. The van der Waals surface area contributed by atoms with Crippen molar-refractivity contribution in [3.8, 4) is 0 Å². The van der Waals surface area contributed by atoms with E-state index in [1.807, 2.05) is 32.3 Å². The van der Waals surface area contributed by atoms with Crippen molar-refractivity contribution in [2.45, 2.75) is 45.4 Å². The lowest BCUT2D eigenvalue weighted by atomic mass is 9.81. The van der Waals surface area contributed by atoms with Crippen LogP contribution in [0.3, 0.4) is 0 Å². The van der Waals surface area contributed by atoms with Crippen molar-refractivity contribution >= 4 is 17.2 Å². The van der Waals surface area contributed by atoms with Crippen molar-refractivity contribution in [3.05, 3.63) is 47.2 Å². The summed E-state index contributed by atoms with van der Waals surface area (Å²) in [6.07, 6.45) is 2.40. The first-order valence-corrected chi connectivity index (χ1v) is 8.58. The average Bonchev–Trinajstić information content (AvgIpc) is 3.06. The van der Waals surface area contributed by atoms with Gasteiger partial charge in [0.1, 0.15) is 11.6 Å². The minimum absolute atomic E-state index is 0.00990. The highest BCUT2D eigenvalue weighted by Gasteiger charge is 2.38. The SMILES string of the molecule is Cc1nc([C@H]2CC(=O)Nc3c2c(C(C)(C)C)nn3C)c2ccccn12. The van der Waals surface area contributed by atoms with E-state index in [4.69, 9.17) is 10.1 Å². The maximum Gasteiger partial charge on any atom is 0.226 e. The molecule has 0 aliphatic carbocycles. The van der Waals surface area contributed by atoms with Gasteiger partial charge in [-0.15, -0.1) is 0 Å². The van der Waals surface area contributed by atoms with Gasteiger partial charge in [-0.05, 0) is 19.1 Å². The minimum Gasteiger partial charge on any atom is -0.311 e. The Kier molecular flexibility index (Phi) is 3.29. The largest absolute Gasteiger partial charge is 0.311 e. The van der Waals surface area contributed by atoms with E-state index in [2.05, 4.69) is 36.6 Å². The lowest BCUT2D eigenvalue weighted by Gasteiger charge is -2.26. The average molecular weight is 337 g/mol. The fraction of sp³-hybridized carbons (Fsp3) is 0.421. The zero-order valence-electron chi connectivity index (χ0n) is 15.3. The molecule has 130 valence electrons. The van der Waals surface area contributed by atoms with Gasteiger partial charge in [-0.25, -0.2) is 4.98 Å². The van der Waals surface area contributed by atoms with Crippen molar-refractivity contribution in [2.75, 3.05) is 5.32 Å². The van der Waals surface area contributed by atoms with Gasteiger partial charge in [-0.1, -0.05) is 26.8 Å². The van der Waals surface area contributed by atoms with E-state index >= 15 is 0 Å². The maximum atomic E-state index is 12.4. The van der Waals surface area contributed by atoms with Crippen LogP contribution in [0.2, 0.25) is 0 Å². The van der Waals surface area contributed by atoms with E-state index < -0.39 is 0 Å². The van der Waals surface area contributed by atoms with Gasteiger partial charge >= 0.3 is 0 Å². The van der Waals surface area contributed by atoms with Crippen molar-refractivity contribution in [3.63, 3.8) is 0 Å². The number of pyridine rings is 1. The second kappa shape index (κ2) is 5.18. The topological polar surface area (TPSA) is 64.2 Å². The quantitative estimate of drug-likeness (QED) is 0.742. The molecular weight excluding hydrogens is 314 g/mol. The van der Waals surface area contributed by atoms with Crippen LogP contribution in [-0.4, -0.2) is 25.1 Å². The zero-order chi connectivity index (χ0) is 17.9. The molecule has 0 saturated heterocycles. The zero-order valence-corrected chi connectivity index (χ0v) is 15.3. The predicted octanol–water partition coefficient (Wildman–Crippen LogP) is 3.15. The summed E-state index contributed by atoms with van der Waals surface area (Å²) >= 11 is 0. The van der Waals surface area contributed by atoms with E-state index in [0.29, 0.717) is 6.42 Å². The van der Waals surface area contributed by atoms with E-state index in [-0.39, 0.29) is 17.2 Å². The number of rotatable bonds is 1. The number of imidazole rings is 1. The molecule has 0 bridgehead atoms. The summed E-state index contributed by atoms with van der Waals surface area (Å²) in [6, 6.07) is 6.07. The Morgan fingerprint density at radius 3 is 2.76 bits per heavy atom. The third-order valence-electron chi connectivity index (χ3n) is 4.87. The molecule has 4 rings (SSSR count). The molecule has 1 atom stereocenters. The summed E-state index contributed by atoms with van der Waals surface area (Å²) in [5.41, 5.74) is 4.00. The third kappa shape index (κ3) is 2.35. The number of aromatic nitrogens is 4. The van der Waals surface area contributed by atoms with Gasteiger partial charge in [-0.2, -0.15) is 5.10 Å². The van der Waals surface area contributed by atoms with Crippen LogP contribution in [0.5, 0.6) is 0 Å². The van der Waals surface area contributed by atoms with Crippen LogP contribution in [0.1, 0.15) is 55.9 Å². The molecule has 0 saturated carbocycles. The van der Waals surface area contributed by atoms with Crippen LogP contribution < -0.4 is 5.32 Å². The molecule has 1 aliphatic heterocycles. The van der Waals surface area contributed by atoms with Crippen LogP contribution >= 0.6 is 0 Å². The summed E-state index contributed by atoms with van der Waals surface area (Å²) < 4.78 is 3.86. The van der Waals surface area contributed by atoms with E-state index in [1.54, 1.807) is 4.68 Å². The van der Waals surface area contributed by atoms with Gasteiger partial charge in [-0.3, -0.25) is 9.48 Å². The number of hydrogen-bond donors (Lipinski definition) is 1. The number of nitrogens with zero attached hydrogens (tertiary/aromatic N) is 4. The number of anilines is 1. The fourth-order valence-corrected chi connectivity index (χ4v) is 3.75. The van der Waals surface area contributed by atoms with Gasteiger partial charge in [0.25, 0.3) is 0 Å². The number of fused-ring (bicyclic) bond motifs is 2. The molecule has 0 aromatic carbocycles. The van der Waals surface area contributed by atoms with Crippen molar-refractivity contribution in [1.29, 1.82) is 0 Å². The Hall–Kier alpha value is -2.63. The smallest absolute Gasteiger partial charge is 0.226 e. The summed E-state index contributed by atoms with van der Waals surface area (Å²) in [6.45, 7) is 8.45. The molecule has 3 aromatic heterocycles. The molecule has 6 nitrogen and oxygen atoms in total. The minimum atomic E-state index is -0.115. The number of carbonyl (C=O) groups is 1. The Labute approximate surface area is 146 Å². The molecule has 0 spiro atoms. The van der Waals surface area contributed by atoms with Gasteiger partial charge < -0.3 is 9.72 Å². The molecule has 0 unspecified atom stereocenters. The third-order valence-corrected chi connectivity index (χ3v) is 4.87. The maximum absolute atomic E-state index is 12.4. The van der Waals surface area contributed by atoms with Crippen LogP contribution in [0, 0.1) is 6.92 Å². The van der Waals surface area contributed by atoms with Crippen LogP contribution in [0.4, 0.5) is 5.82 Å². The van der Waals surface area contributed by atoms with Crippen molar-refractivity contribution in [1.82, 2.24) is 19.2 Å². The van der Waals surface area contributed by atoms with Gasteiger partial charge in [0.05, 0.1) is 16.9 Å². The number of nitrogens with one attached hydrogen (secondary N) is 1. The summed E-state index contributed by atoms with van der Waals surface area (Å²) in [4.78, 5) is 17.2. The Bertz CT molecular complexity index is 989. The lowest BCUT2D eigenvalue weighted by molar-refractivity contribution is -0.116. The molecule has 0 radical (unpaired) electrons. The number of aryl methyl sites for hydroxylation is 2. The molecule has 1 aliphatic rings. The number of hydrogen-bond acceptors (Lipinski definition) is 3. The highest BCUT2D eigenvalue weighted by molar-refractivity contribution is 5.95. The van der Waals surface area contributed by atoms with Crippen LogP contribution in [-0.2, 0) is 17.3 Å². The van der Waals surface area contributed by atoms with E-state index in [1.165, 1.54) is 0 Å². The highest BCUT2D eigenvalue weighted by atomic mass is 16.1. The van der Waals surface area contributed by atoms with Gasteiger partial charge in [0.15, 0.2) is 0 Å². The molecule has 0 fully saturated rings. The summed E-state index contributed by atoms with van der Waals surface area (Å²) in [5, 5.41) is 7.73. The Balaban J connectivity index is 2.00. The fourth-order valence-electron chi connectivity index (χ4n) is 3.75. The summed E-state index contributed by atoms with van der Waals surface area (Å²) in [5.74, 6) is 1.65. The standard InChI is InChI=1S/C19H23N5O/c1-11-20-16(13-8-6-7-9-24(11)13)12-10-14(25)21-18-15(12)17(19(2,3)4)22-23(18)5/h6-9,12H,10H2,1-5H3,(H,21,25)/t12-/m0/s1. The summed E-state index contributed by atoms with van der Waals surface area (Å²) in [7, 11) is 1.88. The van der Waals surface area contributed by atoms with Crippen molar-refractivity contribution < 1.29 is 4.79 Å². The number of carbonyl (C=O) groups excluding carboxylic acids is 1. The Morgan fingerprint density at radius 1 is 1.28 bits per heavy atom. The molecular formula is C19H23N5O. The number of amides is 1. The second-order valence-corrected chi connectivity index (χ2v) is 7.79. The normalized spacial score (nSPS) is 17.6. The first-order valence-electron chi connectivity index (χ1n) is 8.58. The molecule has 1 amide bonds. The van der Waals surface area contributed by atoms with E-state index in [0.717, 1.165) is 34.1 Å².